The van der Waals surface area contributed by atoms with Crippen LogP contribution in [0.15, 0.2) is 40.2 Å². The van der Waals surface area contributed by atoms with Gasteiger partial charge in [0.1, 0.15) is 6.17 Å². The standard InChI is InChI=1S/C15H13BrN2OS/c16-13-8-7-12(20-13)14-17-11-4-2-1-3-10(11)15(19)18(14)9-5-6-9/h1-4,7-9,14,17H,5-6H2/t14-/m1/s1. The normalized spacial score (nSPS) is 21.6. The highest BCUT2D eigenvalue weighted by Crippen LogP contribution is 2.42. The zero-order valence-electron chi connectivity index (χ0n) is 10.7. The number of carbonyl (C=O) groups is 1. The van der Waals surface area contributed by atoms with Crippen LogP contribution in [0, 0.1) is 0 Å². The van der Waals surface area contributed by atoms with E-state index in [1.165, 1.54) is 4.88 Å². The third-order valence-electron chi connectivity index (χ3n) is 3.77. The topological polar surface area (TPSA) is 32.3 Å². The van der Waals surface area contributed by atoms with Gasteiger partial charge in [-0.05, 0) is 53.0 Å². The fourth-order valence-corrected chi connectivity index (χ4v) is 4.16. The monoisotopic (exact) mass is 348 g/mol. The van der Waals surface area contributed by atoms with E-state index in [0.29, 0.717) is 6.04 Å². The predicted octanol–water partition coefficient (Wildman–Crippen LogP) is 4.24. The molecule has 1 saturated carbocycles. The number of nitrogens with one attached hydrogen (secondary N) is 1. The number of fused-ring (bicyclic) bond motifs is 1. The highest BCUT2D eigenvalue weighted by molar-refractivity contribution is 9.11. The second kappa shape index (κ2) is 4.60. The number of hydrogen-bond donors (Lipinski definition) is 1. The molecule has 1 amide bonds. The molecule has 2 heterocycles. The molecule has 20 heavy (non-hydrogen) atoms. The molecular weight excluding hydrogens is 336 g/mol. The summed E-state index contributed by atoms with van der Waals surface area (Å²) < 4.78 is 1.09. The first-order valence-corrected chi connectivity index (χ1v) is 8.28. The van der Waals surface area contributed by atoms with Crippen molar-refractivity contribution in [2.24, 2.45) is 0 Å². The van der Waals surface area contributed by atoms with Crippen LogP contribution in [0.4, 0.5) is 5.69 Å². The molecule has 2 aromatic rings. The summed E-state index contributed by atoms with van der Waals surface area (Å²) in [7, 11) is 0. The Bertz CT molecular complexity index is 680. The van der Waals surface area contributed by atoms with Gasteiger partial charge in [-0.2, -0.15) is 0 Å². The van der Waals surface area contributed by atoms with E-state index in [9.17, 15) is 4.79 Å². The number of amides is 1. The average molecular weight is 349 g/mol. The van der Waals surface area contributed by atoms with Gasteiger partial charge >= 0.3 is 0 Å². The van der Waals surface area contributed by atoms with Crippen LogP contribution in [0.25, 0.3) is 0 Å². The summed E-state index contributed by atoms with van der Waals surface area (Å²) in [5, 5.41) is 3.52. The Hall–Kier alpha value is -1.33. The lowest BCUT2D eigenvalue weighted by Gasteiger charge is -2.37. The Morgan fingerprint density at radius 1 is 1.20 bits per heavy atom. The van der Waals surface area contributed by atoms with Crippen molar-refractivity contribution >= 4 is 38.9 Å². The Balaban J connectivity index is 1.80. The van der Waals surface area contributed by atoms with Crippen molar-refractivity contribution in [3.63, 3.8) is 0 Å². The molecule has 3 nitrogen and oxygen atoms in total. The van der Waals surface area contributed by atoms with E-state index in [1.54, 1.807) is 11.3 Å². The lowest BCUT2D eigenvalue weighted by molar-refractivity contribution is 0.0669. The van der Waals surface area contributed by atoms with Gasteiger partial charge in [-0.15, -0.1) is 11.3 Å². The van der Waals surface area contributed by atoms with Crippen LogP contribution in [0.1, 0.15) is 34.2 Å². The Labute approximate surface area is 129 Å². The van der Waals surface area contributed by atoms with E-state index in [1.807, 2.05) is 35.2 Å². The molecule has 4 rings (SSSR count). The first kappa shape index (κ1) is 12.4. The van der Waals surface area contributed by atoms with Gasteiger partial charge in [0, 0.05) is 16.6 Å². The first-order valence-electron chi connectivity index (χ1n) is 6.67. The number of hydrogen-bond acceptors (Lipinski definition) is 3. The highest BCUT2D eigenvalue weighted by Gasteiger charge is 2.42. The molecule has 0 unspecified atom stereocenters. The largest absolute Gasteiger partial charge is 0.360 e. The second-order valence-corrected chi connectivity index (χ2v) is 7.67. The van der Waals surface area contributed by atoms with Crippen molar-refractivity contribution in [2.75, 3.05) is 5.32 Å². The van der Waals surface area contributed by atoms with E-state index >= 15 is 0 Å². The summed E-state index contributed by atoms with van der Waals surface area (Å²) >= 11 is 5.19. The molecule has 1 aromatic heterocycles. The summed E-state index contributed by atoms with van der Waals surface area (Å²) in [6.07, 6.45) is 2.18. The van der Waals surface area contributed by atoms with Crippen LogP contribution in [-0.4, -0.2) is 16.8 Å². The number of carbonyl (C=O) groups excluding carboxylic acids is 1. The second-order valence-electron chi connectivity index (χ2n) is 5.18. The van der Waals surface area contributed by atoms with Gasteiger partial charge in [0.2, 0.25) is 0 Å². The molecule has 102 valence electrons. The third kappa shape index (κ3) is 1.96. The Morgan fingerprint density at radius 3 is 2.70 bits per heavy atom. The molecule has 0 spiro atoms. The van der Waals surface area contributed by atoms with Crippen molar-refractivity contribution in [2.45, 2.75) is 25.0 Å². The van der Waals surface area contributed by atoms with Gasteiger partial charge in [0.25, 0.3) is 5.91 Å². The maximum atomic E-state index is 12.8. The van der Waals surface area contributed by atoms with Crippen LogP contribution in [-0.2, 0) is 0 Å². The van der Waals surface area contributed by atoms with E-state index in [4.69, 9.17) is 0 Å². The minimum absolute atomic E-state index is 0.0406. The molecule has 0 saturated heterocycles. The molecular formula is C15H13BrN2OS. The van der Waals surface area contributed by atoms with Gasteiger partial charge < -0.3 is 10.2 Å². The molecule has 1 aliphatic carbocycles. The number of thiophene rings is 1. The number of halogens is 1. The SMILES string of the molecule is O=C1c2ccccc2N[C@@H](c2ccc(Br)s2)N1C1CC1. The quantitative estimate of drug-likeness (QED) is 0.880. The predicted molar refractivity (Wildman–Crippen MR) is 84.0 cm³/mol. The smallest absolute Gasteiger partial charge is 0.258 e. The van der Waals surface area contributed by atoms with Crippen LogP contribution in [0.5, 0.6) is 0 Å². The summed E-state index contributed by atoms with van der Waals surface area (Å²) in [6, 6.07) is 12.3. The minimum atomic E-state index is -0.0406. The fraction of sp³-hybridized carbons (Fsp3) is 0.267. The zero-order valence-corrected chi connectivity index (χ0v) is 13.1. The highest BCUT2D eigenvalue weighted by atomic mass is 79.9. The fourth-order valence-electron chi connectivity index (χ4n) is 2.68. The van der Waals surface area contributed by atoms with E-state index in [2.05, 4.69) is 27.3 Å². The molecule has 0 bridgehead atoms. The van der Waals surface area contributed by atoms with E-state index < -0.39 is 0 Å². The molecule has 1 atom stereocenters. The van der Waals surface area contributed by atoms with Gasteiger partial charge in [-0.25, -0.2) is 0 Å². The van der Waals surface area contributed by atoms with Crippen molar-refractivity contribution in [1.82, 2.24) is 4.90 Å². The number of nitrogens with zero attached hydrogens (tertiary/aromatic N) is 1. The molecule has 1 aromatic carbocycles. The van der Waals surface area contributed by atoms with Gasteiger partial charge in [0.05, 0.1) is 9.35 Å². The molecule has 5 heteroatoms. The number of benzene rings is 1. The maximum absolute atomic E-state index is 12.8. The third-order valence-corrected chi connectivity index (χ3v) is 5.44. The van der Waals surface area contributed by atoms with Gasteiger partial charge in [0.15, 0.2) is 0 Å². The van der Waals surface area contributed by atoms with Crippen molar-refractivity contribution < 1.29 is 4.79 Å². The zero-order chi connectivity index (χ0) is 13.7. The average Bonchev–Trinajstić information content (AvgIpc) is 3.20. The number of rotatable bonds is 2. The van der Waals surface area contributed by atoms with Crippen LogP contribution >= 0.6 is 27.3 Å². The van der Waals surface area contributed by atoms with Crippen molar-refractivity contribution in [3.8, 4) is 0 Å². The van der Waals surface area contributed by atoms with E-state index in [-0.39, 0.29) is 12.1 Å². The number of para-hydroxylation sites is 1. The van der Waals surface area contributed by atoms with Gasteiger partial charge in [-0.3, -0.25) is 4.79 Å². The first-order chi connectivity index (χ1) is 9.74. The summed E-state index contributed by atoms with van der Waals surface area (Å²) in [6.45, 7) is 0. The molecule has 1 N–H and O–H groups in total. The van der Waals surface area contributed by atoms with Crippen molar-refractivity contribution in [3.05, 3.63) is 50.6 Å². The lowest BCUT2D eigenvalue weighted by atomic mass is 10.1. The molecule has 1 fully saturated rings. The van der Waals surface area contributed by atoms with Crippen LogP contribution in [0.2, 0.25) is 0 Å². The maximum Gasteiger partial charge on any atom is 0.258 e. The Kier molecular flexibility index (Phi) is 2.86. The summed E-state index contributed by atoms with van der Waals surface area (Å²) in [5.74, 6) is 0.149. The van der Waals surface area contributed by atoms with E-state index in [0.717, 1.165) is 27.9 Å². The lowest BCUT2D eigenvalue weighted by Crippen LogP contribution is -2.43. The molecule has 2 aliphatic rings. The summed E-state index contributed by atoms with van der Waals surface area (Å²) in [4.78, 5) is 16.0. The van der Waals surface area contributed by atoms with Gasteiger partial charge in [-0.1, -0.05) is 12.1 Å². The number of anilines is 1. The van der Waals surface area contributed by atoms with Crippen LogP contribution in [0.3, 0.4) is 0 Å². The minimum Gasteiger partial charge on any atom is -0.360 e. The molecule has 1 aliphatic heterocycles. The van der Waals surface area contributed by atoms with Crippen LogP contribution < -0.4 is 5.32 Å². The summed E-state index contributed by atoms with van der Waals surface area (Å²) in [5.41, 5.74) is 1.72. The molecule has 0 radical (unpaired) electrons. The Morgan fingerprint density at radius 2 is 2.00 bits per heavy atom. The van der Waals surface area contributed by atoms with Crippen molar-refractivity contribution in [1.29, 1.82) is 0 Å².